The zero-order valence-corrected chi connectivity index (χ0v) is 30.6. The summed E-state index contributed by atoms with van der Waals surface area (Å²) >= 11 is 0. The van der Waals surface area contributed by atoms with Gasteiger partial charge in [0.2, 0.25) is 11.8 Å². The predicted octanol–water partition coefficient (Wildman–Crippen LogP) is 3.83. The zero-order valence-electron chi connectivity index (χ0n) is 30.6. The lowest BCUT2D eigenvalue weighted by molar-refractivity contribution is -0.133. The largest absolute Gasteiger partial charge is 0.507 e. The minimum Gasteiger partial charge on any atom is -0.507 e. The second-order valence-electron chi connectivity index (χ2n) is 13.4. The maximum absolute atomic E-state index is 14.2. The monoisotopic (exact) mass is 708 g/mol. The maximum Gasteiger partial charge on any atom is 0.407 e. The number of benzene rings is 3. The van der Waals surface area contributed by atoms with Crippen molar-refractivity contribution in [3.63, 3.8) is 0 Å². The molecule has 0 unspecified atom stereocenters. The summed E-state index contributed by atoms with van der Waals surface area (Å²) in [6, 6.07) is 15.8. The van der Waals surface area contributed by atoms with Gasteiger partial charge in [-0.15, -0.1) is 0 Å². The molecule has 0 bridgehead atoms. The number of aromatic hydroxyl groups is 1. The summed E-state index contributed by atoms with van der Waals surface area (Å²) in [5.74, 6) is -0.0638. The van der Waals surface area contributed by atoms with E-state index in [0.717, 1.165) is 5.56 Å². The van der Waals surface area contributed by atoms with Crippen LogP contribution in [0.4, 0.5) is 4.79 Å². The number of alkyl carbamates (subject to hydrolysis) is 1. The van der Waals surface area contributed by atoms with Crippen LogP contribution in [-0.4, -0.2) is 79.3 Å². The lowest BCUT2D eigenvalue weighted by atomic mass is 9.94. The molecule has 13 heteroatoms. The summed E-state index contributed by atoms with van der Waals surface area (Å²) < 4.78 is 21.5. The number of phenolic OH excluding ortho intramolecular Hbond substituents is 1. The highest BCUT2D eigenvalue weighted by Gasteiger charge is 2.37. The van der Waals surface area contributed by atoms with Gasteiger partial charge in [0.15, 0.2) is 0 Å². The molecule has 13 nitrogen and oxygen atoms in total. The van der Waals surface area contributed by atoms with E-state index in [1.807, 2.05) is 30.3 Å². The molecule has 0 aliphatic carbocycles. The van der Waals surface area contributed by atoms with Crippen LogP contribution in [0, 0.1) is 5.92 Å². The van der Waals surface area contributed by atoms with E-state index in [4.69, 9.17) is 18.9 Å². The fourth-order valence-electron chi connectivity index (χ4n) is 5.29. The molecule has 0 heterocycles. The Hall–Kier alpha value is -5.01. The van der Waals surface area contributed by atoms with E-state index in [0.29, 0.717) is 28.4 Å². The number of hydrogen-bond donors (Lipinski definition) is 6. The Labute approximate surface area is 300 Å². The summed E-state index contributed by atoms with van der Waals surface area (Å²) in [4.78, 5) is 40.7. The molecule has 0 radical (unpaired) electrons. The summed E-state index contributed by atoms with van der Waals surface area (Å²) in [5.41, 5.74) is 1.11. The van der Waals surface area contributed by atoms with Crippen LogP contribution in [0.1, 0.15) is 51.3 Å². The highest BCUT2D eigenvalue weighted by molar-refractivity contribution is 5.90. The first-order valence-electron chi connectivity index (χ1n) is 16.8. The summed E-state index contributed by atoms with van der Waals surface area (Å²) in [5, 5.41) is 33.8. The molecule has 4 atom stereocenters. The van der Waals surface area contributed by atoms with Crippen molar-refractivity contribution >= 4 is 17.9 Å². The molecule has 3 rings (SSSR count). The van der Waals surface area contributed by atoms with Crippen LogP contribution in [0.2, 0.25) is 0 Å². The lowest BCUT2D eigenvalue weighted by Crippen LogP contribution is -2.62. The van der Waals surface area contributed by atoms with Crippen LogP contribution >= 0.6 is 0 Å². The number of nitrogens with one attached hydrogen (secondary N) is 4. The molecule has 0 aliphatic heterocycles. The van der Waals surface area contributed by atoms with Crippen LogP contribution in [0.15, 0.2) is 66.7 Å². The highest BCUT2D eigenvalue weighted by atomic mass is 16.6. The predicted molar refractivity (Wildman–Crippen MR) is 193 cm³/mol. The van der Waals surface area contributed by atoms with Crippen LogP contribution < -0.4 is 35.5 Å². The number of hydrogen-bond acceptors (Lipinski definition) is 10. The maximum atomic E-state index is 14.2. The quantitative estimate of drug-likeness (QED) is 0.121. The van der Waals surface area contributed by atoms with E-state index < -0.39 is 47.7 Å². The number of carbonyl (C=O) groups is 3. The van der Waals surface area contributed by atoms with Gasteiger partial charge in [0.1, 0.15) is 40.7 Å². The normalized spacial score (nSPS) is 13.7. The van der Waals surface area contributed by atoms with Crippen molar-refractivity contribution in [2.24, 2.45) is 5.92 Å². The minimum absolute atomic E-state index is 0.00568. The van der Waals surface area contributed by atoms with Gasteiger partial charge in [-0.1, -0.05) is 50.2 Å². The summed E-state index contributed by atoms with van der Waals surface area (Å²) in [6.45, 7) is 8.79. The topological polar surface area (TPSA) is 177 Å². The second kappa shape index (κ2) is 18.8. The third-order valence-corrected chi connectivity index (χ3v) is 8.04. The van der Waals surface area contributed by atoms with Gasteiger partial charge < -0.3 is 45.1 Å². The molecule has 0 spiro atoms. The van der Waals surface area contributed by atoms with Crippen LogP contribution in [0.3, 0.4) is 0 Å². The molecular weight excluding hydrogens is 656 g/mol. The van der Waals surface area contributed by atoms with Gasteiger partial charge in [0.05, 0.1) is 33.5 Å². The molecule has 3 aromatic rings. The average Bonchev–Trinajstić information content (AvgIpc) is 3.09. The van der Waals surface area contributed by atoms with Gasteiger partial charge in [-0.05, 0) is 56.9 Å². The fraction of sp³-hybridized carbons (Fsp3) is 0.447. The van der Waals surface area contributed by atoms with Gasteiger partial charge >= 0.3 is 6.09 Å². The molecule has 0 aliphatic rings. The first-order valence-corrected chi connectivity index (χ1v) is 16.8. The number of ether oxygens (including phenoxy) is 4. The molecule has 3 amide bonds. The Bertz CT molecular complexity index is 1590. The number of phenols is 1. The fourth-order valence-corrected chi connectivity index (χ4v) is 5.29. The molecule has 3 aromatic carbocycles. The van der Waals surface area contributed by atoms with Crippen LogP contribution in [0.25, 0.3) is 0 Å². The van der Waals surface area contributed by atoms with Gasteiger partial charge in [0.25, 0.3) is 0 Å². The Kier molecular flexibility index (Phi) is 14.9. The van der Waals surface area contributed by atoms with Gasteiger partial charge in [-0.25, -0.2) is 4.79 Å². The van der Waals surface area contributed by atoms with Crippen LogP contribution in [0.5, 0.6) is 23.0 Å². The van der Waals surface area contributed by atoms with E-state index >= 15 is 0 Å². The van der Waals surface area contributed by atoms with E-state index in [1.54, 1.807) is 65.0 Å². The number of amides is 3. The molecule has 0 aromatic heterocycles. The van der Waals surface area contributed by atoms with Crippen molar-refractivity contribution in [3.05, 3.63) is 83.4 Å². The lowest BCUT2D eigenvalue weighted by Gasteiger charge is -2.33. The molecule has 0 fully saturated rings. The van der Waals surface area contributed by atoms with Crippen molar-refractivity contribution in [3.8, 4) is 23.0 Å². The van der Waals surface area contributed by atoms with E-state index in [2.05, 4.69) is 21.3 Å². The van der Waals surface area contributed by atoms with E-state index in [9.17, 15) is 24.6 Å². The molecule has 0 saturated heterocycles. The second-order valence-corrected chi connectivity index (χ2v) is 13.4. The number of rotatable bonds is 17. The first kappa shape index (κ1) is 40.4. The third-order valence-electron chi connectivity index (χ3n) is 8.04. The molecule has 0 saturated carbocycles. The standard InChI is InChI=1S/C38H52N4O9/c1-23(2)32(35(45)40-21-25-14-16-27(48-6)19-30(25)43)42-36(46)33(39-22-26-15-17-28(49-7)20-31(26)50-8)34(44)29(18-24-12-10-9-11-13-24)41-37(47)51-38(3,4)5/h9-17,19-20,23,29,32-34,39,43-44H,18,21-22H2,1-8H3,(H,40,45)(H,41,47)(H,42,46)/t29-,32-,33+,34+/m0/s1. The van der Waals surface area contributed by atoms with E-state index in [1.165, 1.54) is 27.4 Å². The molecule has 278 valence electrons. The van der Waals surface area contributed by atoms with Crippen molar-refractivity contribution in [2.75, 3.05) is 21.3 Å². The first-order chi connectivity index (χ1) is 24.1. The number of aliphatic hydroxyl groups excluding tert-OH is 1. The van der Waals surface area contributed by atoms with Crippen molar-refractivity contribution in [2.45, 2.75) is 84.0 Å². The Balaban J connectivity index is 1.93. The number of carbonyl (C=O) groups excluding carboxylic acids is 3. The van der Waals surface area contributed by atoms with Crippen LogP contribution in [-0.2, 0) is 33.8 Å². The molecule has 6 N–H and O–H groups in total. The Morgan fingerprint density at radius 3 is 1.96 bits per heavy atom. The van der Waals surface area contributed by atoms with Crippen molar-refractivity contribution in [1.29, 1.82) is 0 Å². The third kappa shape index (κ3) is 12.4. The summed E-state index contributed by atoms with van der Waals surface area (Å²) in [7, 11) is 4.53. The SMILES string of the molecule is COc1ccc(CNC(=O)[C@@H](NC(=O)[C@H](NCc2ccc(OC)cc2OC)[C@H](O)[C@H](Cc2ccccc2)NC(=O)OC(C)(C)C)C(C)C)c(O)c1. The highest BCUT2D eigenvalue weighted by Crippen LogP contribution is 2.25. The molecule has 51 heavy (non-hydrogen) atoms. The number of aliphatic hydroxyl groups is 1. The number of methoxy groups -OCH3 is 3. The van der Waals surface area contributed by atoms with E-state index in [-0.39, 0.29) is 31.2 Å². The van der Waals surface area contributed by atoms with Gasteiger partial charge in [-0.3, -0.25) is 14.9 Å². The van der Waals surface area contributed by atoms with Crippen molar-refractivity contribution in [1.82, 2.24) is 21.3 Å². The summed E-state index contributed by atoms with van der Waals surface area (Å²) in [6.07, 6.45) is -2.10. The van der Waals surface area contributed by atoms with Crippen molar-refractivity contribution < 1.29 is 43.5 Å². The smallest absolute Gasteiger partial charge is 0.407 e. The zero-order chi connectivity index (χ0) is 37.7. The Morgan fingerprint density at radius 2 is 1.39 bits per heavy atom. The molecular formula is C38H52N4O9. The van der Waals surface area contributed by atoms with Gasteiger partial charge in [-0.2, -0.15) is 0 Å². The average molecular weight is 709 g/mol. The Morgan fingerprint density at radius 1 is 0.765 bits per heavy atom. The minimum atomic E-state index is -1.51. The van der Waals surface area contributed by atoms with Gasteiger partial charge in [0, 0.05) is 36.3 Å².